The fourth-order valence-corrected chi connectivity index (χ4v) is 1.46. The molecule has 0 aliphatic heterocycles. The van der Waals surface area contributed by atoms with Gasteiger partial charge in [-0.25, -0.2) is 9.78 Å². The summed E-state index contributed by atoms with van der Waals surface area (Å²) in [5.41, 5.74) is 7.49. The highest BCUT2D eigenvalue weighted by molar-refractivity contribution is 5.94. The maximum absolute atomic E-state index is 11.4. The highest BCUT2D eigenvalue weighted by Crippen LogP contribution is 2.13. The molecule has 0 bridgehead atoms. The maximum Gasteiger partial charge on any atom is 0.358 e. The molecule has 0 saturated heterocycles. The van der Waals surface area contributed by atoms with E-state index >= 15 is 0 Å². The average molecular weight is 205 g/mol. The van der Waals surface area contributed by atoms with E-state index in [1.807, 2.05) is 12.3 Å². The standard InChI is InChI=1S/C10H11N3O2/c1-15-10(14)9-8-4-7(5-11)6-13(8)3-2-12-9/h2-4,6H,5,11H2,1H3. The van der Waals surface area contributed by atoms with E-state index < -0.39 is 5.97 Å². The molecule has 0 radical (unpaired) electrons. The van der Waals surface area contributed by atoms with Gasteiger partial charge in [0.1, 0.15) is 0 Å². The van der Waals surface area contributed by atoms with E-state index in [0.29, 0.717) is 17.8 Å². The van der Waals surface area contributed by atoms with E-state index in [9.17, 15) is 4.79 Å². The van der Waals surface area contributed by atoms with Gasteiger partial charge in [-0.1, -0.05) is 0 Å². The van der Waals surface area contributed by atoms with Crippen LogP contribution in [0.25, 0.3) is 5.52 Å². The molecular weight excluding hydrogens is 194 g/mol. The zero-order chi connectivity index (χ0) is 10.8. The molecule has 5 heteroatoms. The molecule has 2 aromatic rings. The van der Waals surface area contributed by atoms with E-state index in [4.69, 9.17) is 5.73 Å². The fourth-order valence-electron chi connectivity index (χ4n) is 1.46. The number of aromatic nitrogens is 2. The number of carbonyl (C=O) groups excluding carboxylic acids is 1. The molecule has 2 heterocycles. The monoisotopic (exact) mass is 205 g/mol. The van der Waals surface area contributed by atoms with Crippen molar-refractivity contribution < 1.29 is 9.53 Å². The van der Waals surface area contributed by atoms with Crippen LogP contribution in [0.5, 0.6) is 0 Å². The van der Waals surface area contributed by atoms with Crippen molar-refractivity contribution in [3.63, 3.8) is 0 Å². The first-order valence-corrected chi connectivity index (χ1v) is 4.50. The van der Waals surface area contributed by atoms with E-state index in [-0.39, 0.29) is 0 Å². The van der Waals surface area contributed by atoms with Gasteiger partial charge in [-0.05, 0) is 11.6 Å². The van der Waals surface area contributed by atoms with E-state index in [1.54, 1.807) is 16.8 Å². The Morgan fingerprint density at radius 2 is 2.47 bits per heavy atom. The Balaban J connectivity index is 2.64. The number of nitrogens with zero attached hydrogens (tertiary/aromatic N) is 2. The zero-order valence-electron chi connectivity index (χ0n) is 8.30. The van der Waals surface area contributed by atoms with Gasteiger partial charge in [0.05, 0.1) is 12.6 Å². The maximum atomic E-state index is 11.4. The second-order valence-electron chi connectivity index (χ2n) is 3.11. The van der Waals surface area contributed by atoms with Crippen LogP contribution in [-0.2, 0) is 11.3 Å². The topological polar surface area (TPSA) is 69.6 Å². The lowest BCUT2D eigenvalue weighted by molar-refractivity contribution is 0.0596. The third-order valence-electron chi connectivity index (χ3n) is 2.19. The average Bonchev–Trinajstić information content (AvgIpc) is 2.70. The summed E-state index contributed by atoms with van der Waals surface area (Å²) in [5.74, 6) is -0.442. The van der Waals surface area contributed by atoms with Gasteiger partial charge in [0.25, 0.3) is 0 Å². The molecule has 15 heavy (non-hydrogen) atoms. The van der Waals surface area contributed by atoms with Crippen LogP contribution < -0.4 is 5.73 Å². The van der Waals surface area contributed by atoms with Crippen molar-refractivity contribution in [3.8, 4) is 0 Å². The highest BCUT2D eigenvalue weighted by atomic mass is 16.5. The Labute approximate surface area is 86.5 Å². The minimum Gasteiger partial charge on any atom is -0.464 e. The molecule has 2 aromatic heterocycles. The Hall–Kier alpha value is -1.88. The van der Waals surface area contributed by atoms with Crippen molar-refractivity contribution in [1.29, 1.82) is 0 Å². The number of hydrogen-bond donors (Lipinski definition) is 1. The Bertz CT molecular complexity index is 504. The molecule has 0 aliphatic rings. The predicted molar refractivity (Wildman–Crippen MR) is 54.4 cm³/mol. The minimum absolute atomic E-state index is 0.305. The Morgan fingerprint density at radius 1 is 1.67 bits per heavy atom. The van der Waals surface area contributed by atoms with Crippen molar-refractivity contribution in [2.45, 2.75) is 6.54 Å². The van der Waals surface area contributed by atoms with E-state index in [1.165, 1.54) is 7.11 Å². The summed E-state index contributed by atoms with van der Waals surface area (Å²) in [7, 11) is 1.33. The molecule has 2 rings (SSSR count). The smallest absolute Gasteiger partial charge is 0.358 e. The van der Waals surface area contributed by atoms with Gasteiger partial charge in [-0.2, -0.15) is 0 Å². The lowest BCUT2D eigenvalue weighted by Gasteiger charge is -2.00. The molecule has 0 fully saturated rings. The van der Waals surface area contributed by atoms with Crippen LogP contribution in [0, 0.1) is 0 Å². The van der Waals surface area contributed by atoms with Crippen LogP contribution in [0.15, 0.2) is 24.7 Å². The van der Waals surface area contributed by atoms with Gasteiger partial charge < -0.3 is 14.9 Å². The normalized spacial score (nSPS) is 10.5. The second kappa shape index (κ2) is 3.70. The lowest BCUT2D eigenvalue weighted by atomic mass is 10.3. The molecule has 2 N–H and O–H groups in total. The molecule has 0 aliphatic carbocycles. The van der Waals surface area contributed by atoms with Gasteiger partial charge in [-0.3, -0.25) is 0 Å². The number of ether oxygens (including phenoxy) is 1. The Kier molecular flexibility index (Phi) is 2.39. The number of rotatable bonds is 2. The molecule has 5 nitrogen and oxygen atoms in total. The molecule has 0 aromatic carbocycles. The van der Waals surface area contributed by atoms with Gasteiger partial charge in [0, 0.05) is 25.1 Å². The number of fused-ring (bicyclic) bond motifs is 1. The van der Waals surface area contributed by atoms with Crippen molar-refractivity contribution in [1.82, 2.24) is 9.38 Å². The molecule has 0 amide bonds. The van der Waals surface area contributed by atoms with Crippen LogP contribution in [-0.4, -0.2) is 22.5 Å². The summed E-state index contributed by atoms with van der Waals surface area (Å²) in [5, 5.41) is 0. The van der Waals surface area contributed by atoms with Crippen molar-refractivity contribution in [3.05, 3.63) is 35.9 Å². The van der Waals surface area contributed by atoms with Gasteiger partial charge in [0.2, 0.25) is 0 Å². The predicted octanol–water partition coefficient (Wildman–Crippen LogP) is 0.580. The van der Waals surface area contributed by atoms with Crippen LogP contribution in [0.1, 0.15) is 16.1 Å². The summed E-state index contributed by atoms with van der Waals surface area (Å²) >= 11 is 0. The van der Waals surface area contributed by atoms with Crippen LogP contribution in [0.2, 0.25) is 0 Å². The van der Waals surface area contributed by atoms with E-state index in [2.05, 4.69) is 9.72 Å². The summed E-state index contributed by atoms with van der Waals surface area (Å²) in [4.78, 5) is 15.4. The zero-order valence-corrected chi connectivity index (χ0v) is 8.30. The summed E-state index contributed by atoms with van der Waals surface area (Å²) in [6.45, 7) is 0.433. The highest BCUT2D eigenvalue weighted by Gasteiger charge is 2.12. The SMILES string of the molecule is COC(=O)c1nccn2cc(CN)cc12. The second-order valence-corrected chi connectivity index (χ2v) is 3.11. The first-order chi connectivity index (χ1) is 7.26. The minimum atomic E-state index is -0.442. The summed E-state index contributed by atoms with van der Waals surface area (Å²) < 4.78 is 6.45. The van der Waals surface area contributed by atoms with Crippen molar-refractivity contribution in [2.75, 3.05) is 7.11 Å². The first kappa shape index (κ1) is 9.67. The largest absolute Gasteiger partial charge is 0.464 e. The van der Waals surface area contributed by atoms with Gasteiger partial charge >= 0.3 is 5.97 Å². The molecule has 0 saturated carbocycles. The lowest BCUT2D eigenvalue weighted by Crippen LogP contribution is -2.05. The van der Waals surface area contributed by atoms with Gasteiger partial charge in [-0.15, -0.1) is 0 Å². The third kappa shape index (κ3) is 1.57. The van der Waals surface area contributed by atoms with Gasteiger partial charge in [0.15, 0.2) is 5.69 Å². The van der Waals surface area contributed by atoms with Crippen molar-refractivity contribution in [2.24, 2.45) is 5.73 Å². The molecular formula is C10H11N3O2. The quantitative estimate of drug-likeness (QED) is 0.728. The van der Waals surface area contributed by atoms with E-state index in [0.717, 1.165) is 5.56 Å². The third-order valence-corrected chi connectivity index (χ3v) is 2.19. The fraction of sp³-hybridized carbons (Fsp3) is 0.200. The molecule has 0 spiro atoms. The summed E-state index contributed by atoms with van der Waals surface area (Å²) in [6, 6.07) is 1.83. The summed E-state index contributed by atoms with van der Waals surface area (Å²) in [6.07, 6.45) is 5.18. The Morgan fingerprint density at radius 3 is 3.13 bits per heavy atom. The molecule has 0 atom stereocenters. The molecule has 0 unspecified atom stereocenters. The van der Waals surface area contributed by atoms with Crippen LogP contribution in [0.3, 0.4) is 0 Å². The number of esters is 1. The molecule has 78 valence electrons. The van der Waals surface area contributed by atoms with Crippen LogP contribution in [0.4, 0.5) is 0 Å². The van der Waals surface area contributed by atoms with Crippen molar-refractivity contribution >= 4 is 11.5 Å². The van der Waals surface area contributed by atoms with Crippen LogP contribution >= 0.6 is 0 Å². The number of nitrogens with two attached hydrogens (primary N) is 1. The first-order valence-electron chi connectivity index (χ1n) is 4.50. The number of hydrogen-bond acceptors (Lipinski definition) is 4. The number of carbonyl (C=O) groups is 1. The number of methoxy groups -OCH3 is 1.